The normalized spacial score (nSPS) is 15.9. The first-order valence-electron chi connectivity index (χ1n) is 8.99. The van der Waals surface area contributed by atoms with E-state index in [0.29, 0.717) is 22.6 Å². The van der Waals surface area contributed by atoms with Crippen LogP contribution in [0.2, 0.25) is 0 Å². The molecule has 0 spiro atoms. The predicted molar refractivity (Wildman–Crippen MR) is 98.6 cm³/mol. The van der Waals surface area contributed by atoms with Crippen LogP contribution >= 0.6 is 0 Å². The molecular weight excluding hydrogens is 348 g/mol. The molecule has 1 unspecified atom stereocenters. The van der Waals surface area contributed by atoms with Gasteiger partial charge in [-0.3, -0.25) is 14.4 Å². The van der Waals surface area contributed by atoms with Crippen LogP contribution in [-0.4, -0.2) is 30.6 Å². The second-order valence-electron chi connectivity index (χ2n) is 6.90. The molecule has 2 heterocycles. The summed E-state index contributed by atoms with van der Waals surface area (Å²) in [5.41, 5.74) is -0.235. The van der Waals surface area contributed by atoms with Crippen molar-refractivity contribution >= 4 is 16.9 Å². The summed E-state index contributed by atoms with van der Waals surface area (Å²) < 4.78 is 2.06. The molecule has 3 N–H and O–H groups in total. The molecular formula is C18H20N6O3. The number of carbonyl (C=O) groups is 1. The van der Waals surface area contributed by atoms with Gasteiger partial charge >= 0.3 is 11.1 Å². The zero-order valence-corrected chi connectivity index (χ0v) is 14.9. The van der Waals surface area contributed by atoms with Gasteiger partial charge in [0.2, 0.25) is 0 Å². The third kappa shape index (κ3) is 3.27. The lowest BCUT2D eigenvalue weighted by molar-refractivity contribution is 0.0937. The average Bonchev–Trinajstić information content (AvgIpc) is 3.33. The number of fused-ring (bicyclic) bond motifs is 1. The van der Waals surface area contributed by atoms with Gasteiger partial charge in [-0.2, -0.15) is 0 Å². The number of hydrogen-bond donors (Lipinski definition) is 3. The molecule has 2 aromatic heterocycles. The number of rotatable bonds is 4. The molecule has 1 amide bonds. The Morgan fingerprint density at radius 3 is 2.63 bits per heavy atom. The molecule has 1 aliphatic carbocycles. The summed E-state index contributed by atoms with van der Waals surface area (Å²) in [6.07, 6.45) is 6.32. The predicted octanol–water partition coefficient (Wildman–Crippen LogP) is 1.41. The van der Waals surface area contributed by atoms with Crippen LogP contribution in [0.5, 0.6) is 0 Å². The van der Waals surface area contributed by atoms with Gasteiger partial charge in [-0.05, 0) is 38.0 Å². The lowest BCUT2D eigenvalue weighted by Crippen LogP contribution is -2.30. The molecule has 9 heteroatoms. The molecule has 3 aromatic rings. The second-order valence-corrected chi connectivity index (χ2v) is 6.90. The van der Waals surface area contributed by atoms with Gasteiger partial charge in [0.05, 0.1) is 17.1 Å². The zero-order chi connectivity index (χ0) is 19.0. The Hall–Kier alpha value is -3.23. The summed E-state index contributed by atoms with van der Waals surface area (Å²) in [4.78, 5) is 40.5. The monoisotopic (exact) mass is 368 g/mol. The smallest absolute Gasteiger partial charge is 0.314 e. The van der Waals surface area contributed by atoms with Crippen LogP contribution < -0.4 is 16.4 Å². The summed E-state index contributed by atoms with van der Waals surface area (Å²) >= 11 is 0. The molecule has 140 valence electrons. The number of aromatic nitrogens is 5. The van der Waals surface area contributed by atoms with E-state index >= 15 is 0 Å². The number of nitrogens with zero attached hydrogens (tertiary/aromatic N) is 3. The SMILES string of the molecule is CC(NC(=O)c1ccc2[nH]c(=O)c(=O)[nH]c2c1)c1nncn1C1CCCC1. The number of benzene rings is 1. The summed E-state index contributed by atoms with van der Waals surface area (Å²) in [6.45, 7) is 1.87. The first kappa shape index (κ1) is 17.2. The van der Waals surface area contributed by atoms with Crippen LogP contribution in [0.15, 0.2) is 34.1 Å². The van der Waals surface area contributed by atoms with Gasteiger partial charge in [-0.15, -0.1) is 10.2 Å². The molecule has 1 aromatic carbocycles. The maximum atomic E-state index is 12.6. The molecule has 0 radical (unpaired) electrons. The molecule has 0 saturated heterocycles. The van der Waals surface area contributed by atoms with Gasteiger partial charge in [-0.1, -0.05) is 12.8 Å². The van der Waals surface area contributed by atoms with Gasteiger partial charge in [0, 0.05) is 11.6 Å². The van der Waals surface area contributed by atoms with E-state index in [0.717, 1.165) is 18.7 Å². The fourth-order valence-corrected chi connectivity index (χ4v) is 3.63. The van der Waals surface area contributed by atoms with Crippen LogP contribution in [0.3, 0.4) is 0 Å². The number of aromatic amines is 2. The minimum atomic E-state index is -0.752. The largest absolute Gasteiger partial charge is 0.342 e. The number of carbonyl (C=O) groups excluding carboxylic acids is 1. The van der Waals surface area contributed by atoms with Gasteiger partial charge < -0.3 is 19.9 Å². The van der Waals surface area contributed by atoms with E-state index in [4.69, 9.17) is 0 Å². The van der Waals surface area contributed by atoms with Crippen LogP contribution in [0, 0.1) is 0 Å². The molecule has 1 atom stereocenters. The molecule has 0 bridgehead atoms. The van der Waals surface area contributed by atoms with Crippen LogP contribution in [0.25, 0.3) is 11.0 Å². The van der Waals surface area contributed by atoms with E-state index < -0.39 is 11.1 Å². The highest BCUT2D eigenvalue weighted by Gasteiger charge is 2.23. The van der Waals surface area contributed by atoms with Crippen molar-refractivity contribution in [1.29, 1.82) is 0 Å². The Bertz CT molecular complexity index is 1110. The van der Waals surface area contributed by atoms with Crippen molar-refractivity contribution in [2.24, 2.45) is 0 Å². The van der Waals surface area contributed by atoms with E-state index in [1.165, 1.54) is 18.9 Å². The van der Waals surface area contributed by atoms with Crippen molar-refractivity contribution in [2.45, 2.75) is 44.7 Å². The highest BCUT2D eigenvalue weighted by atomic mass is 16.2. The van der Waals surface area contributed by atoms with Crippen LogP contribution in [-0.2, 0) is 0 Å². The maximum absolute atomic E-state index is 12.6. The van der Waals surface area contributed by atoms with Crippen LogP contribution in [0.4, 0.5) is 0 Å². The second kappa shape index (κ2) is 6.82. The maximum Gasteiger partial charge on any atom is 0.314 e. The van der Waals surface area contributed by atoms with Crippen molar-refractivity contribution in [2.75, 3.05) is 0 Å². The Labute approximate surface area is 153 Å². The van der Waals surface area contributed by atoms with Crippen molar-refractivity contribution in [3.05, 3.63) is 56.6 Å². The minimum Gasteiger partial charge on any atom is -0.342 e. The van der Waals surface area contributed by atoms with E-state index in [1.54, 1.807) is 18.5 Å². The van der Waals surface area contributed by atoms with Gasteiger partial charge in [-0.25, -0.2) is 0 Å². The summed E-state index contributed by atoms with van der Waals surface area (Å²) in [7, 11) is 0. The Morgan fingerprint density at radius 1 is 1.19 bits per heavy atom. The van der Waals surface area contributed by atoms with Crippen LogP contribution in [0.1, 0.15) is 60.9 Å². The molecule has 0 aliphatic heterocycles. The molecule has 1 fully saturated rings. The van der Waals surface area contributed by atoms with E-state index in [-0.39, 0.29) is 11.9 Å². The third-order valence-electron chi connectivity index (χ3n) is 5.04. The highest BCUT2D eigenvalue weighted by Crippen LogP contribution is 2.31. The van der Waals surface area contributed by atoms with Crippen molar-refractivity contribution in [3.63, 3.8) is 0 Å². The standard InChI is InChI=1S/C18H20N6O3/c1-10(15-23-19-9-24(15)12-4-2-3-5-12)20-16(25)11-6-7-13-14(8-11)22-18(27)17(26)21-13/h6-10,12H,2-5H2,1H3,(H,20,25)(H,21,26)(H,22,27). The van der Waals surface area contributed by atoms with Gasteiger partial charge in [0.1, 0.15) is 6.33 Å². The number of H-pyrrole nitrogens is 2. The number of amides is 1. The van der Waals surface area contributed by atoms with Gasteiger partial charge in [0.25, 0.3) is 5.91 Å². The van der Waals surface area contributed by atoms with Gasteiger partial charge in [0.15, 0.2) is 5.82 Å². The summed E-state index contributed by atoms with van der Waals surface area (Å²) in [5, 5.41) is 11.1. The molecule has 1 aliphatic rings. The zero-order valence-electron chi connectivity index (χ0n) is 14.9. The molecule has 4 rings (SSSR count). The lowest BCUT2D eigenvalue weighted by Gasteiger charge is -2.18. The van der Waals surface area contributed by atoms with Crippen molar-refractivity contribution in [1.82, 2.24) is 30.0 Å². The third-order valence-corrected chi connectivity index (χ3v) is 5.04. The van der Waals surface area contributed by atoms with E-state index in [1.807, 2.05) is 6.92 Å². The Kier molecular flexibility index (Phi) is 4.35. The first-order chi connectivity index (χ1) is 13.0. The lowest BCUT2D eigenvalue weighted by atomic mass is 10.1. The molecule has 1 saturated carbocycles. The minimum absolute atomic E-state index is 0.294. The van der Waals surface area contributed by atoms with Crippen molar-refractivity contribution < 1.29 is 4.79 Å². The molecule has 27 heavy (non-hydrogen) atoms. The fraction of sp³-hybridized carbons (Fsp3) is 0.389. The number of hydrogen-bond acceptors (Lipinski definition) is 5. The quantitative estimate of drug-likeness (QED) is 0.601. The average molecular weight is 368 g/mol. The van der Waals surface area contributed by atoms with E-state index in [2.05, 4.69) is 30.0 Å². The Balaban J connectivity index is 1.56. The summed E-state index contributed by atoms with van der Waals surface area (Å²) in [5.74, 6) is 0.436. The van der Waals surface area contributed by atoms with E-state index in [9.17, 15) is 14.4 Å². The summed E-state index contributed by atoms with van der Waals surface area (Å²) in [6, 6.07) is 4.80. The Morgan fingerprint density at radius 2 is 1.89 bits per heavy atom. The molecule has 9 nitrogen and oxygen atoms in total. The first-order valence-corrected chi connectivity index (χ1v) is 8.99. The fourth-order valence-electron chi connectivity index (χ4n) is 3.63. The topological polar surface area (TPSA) is 126 Å². The number of nitrogens with one attached hydrogen (secondary N) is 3. The highest BCUT2D eigenvalue weighted by molar-refractivity contribution is 5.97. The van der Waals surface area contributed by atoms with Crippen molar-refractivity contribution in [3.8, 4) is 0 Å².